The number of nitrogens with zero attached hydrogens (tertiary/aromatic N) is 4. The first-order valence-electron chi connectivity index (χ1n) is 9.31. The fourth-order valence-electron chi connectivity index (χ4n) is 3.81. The van der Waals surface area contributed by atoms with Crippen molar-refractivity contribution in [2.75, 3.05) is 18.4 Å². The number of nitrogens with one attached hydrogen (secondary N) is 1. The number of alkyl halides is 2. The molecule has 148 valence electrons. The quantitative estimate of drug-likeness (QED) is 0.724. The second-order valence-electron chi connectivity index (χ2n) is 7.03. The molecule has 2 amide bonds. The van der Waals surface area contributed by atoms with E-state index >= 15 is 0 Å². The van der Waals surface area contributed by atoms with E-state index in [1.165, 1.54) is 4.68 Å². The Morgan fingerprint density at radius 2 is 1.90 bits per heavy atom. The lowest BCUT2D eigenvalue weighted by Gasteiger charge is -2.16. The molecule has 4 rings (SSSR count). The third-order valence-corrected chi connectivity index (χ3v) is 5.19. The van der Waals surface area contributed by atoms with E-state index in [9.17, 15) is 18.8 Å². The zero-order valence-electron chi connectivity index (χ0n) is 15.5. The molecular weight excluding hydrogens is 376 g/mol. The van der Waals surface area contributed by atoms with Crippen LogP contribution in [0.1, 0.15) is 11.5 Å². The molecule has 6 nitrogen and oxygen atoms in total. The number of urea groups is 1. The number of anilines is 1. The van der Waals surface area contributed by atoms with Crippen molar-refractivity contribution in [3.63, 3.8) is 0 Å². The molecule has 1 fully saturated rings. The topological polar surface area (TPSA) is 74.0 Å². The summed E-state index contributed by atoms with van der Waals surface area (Å²) in [6, 6.07) is 18.5. The van der Waals surface area contributed by atoms with Crippen LogP contribution < -0.4 is 5.32 Å². The first-order chi connectivity index (χ1) is 14.1. The molecule has 8 heteroatoms. The number of halogens is 2. The van der Waals surface area contributed by atoms with Gasteiger partial charge in [0.15, 0.2) is 5.82 Å². The summed E-state index contributed by atoms with van der Waals surface area (Å²) < 4.78 is 26.9. The van der Waals surface area contributed by atoms with Gasteiger partial charge in [0, 0.05) is 24.4 Å². The summed E-state index contributed by atoms with van der Waals surface area (Å²) in [5.74, 6) is -0.140. The zero-order chi connectivity index (χ0) is 20.4. The van der Waals surface area contributed by atoms with E-state index in [1.54, 1.807) is 29.2 Å². The molecule has 1 aromatic heterocycles. The number of aromatic nitrogens is 2. The molecule has 0 radical (unpaired) electrons. The Bertz CT molecular complexity index is 1060. The van der Waals surface area contributed by atoms with Crippen molar-refractivity contribution in [1.29, 1.82) is 5.26 Å². The number of rotatable bonds is 4. The van der Waals surface area contributed by atoms with Crippen LogP contribution in [0.3, 0.4) is 0 Å². The molecular formula is C21H19F2N5O. The summed E-state index contributed by atoms with van der Waals surface area (Å²) in [6.45, 7) is 0.161. The highest BCUT2D eigenvalue weighted by molar-refractivity contribution is 5.99. The van der Waals surface area contributed by atoms with Crippen molar-refractivity contribution >= 4 is 22.8 Å². The Morgan fingerprint density at radius 3 is 2.62 bits per heavy atom. The number of carbonyl (C=O) groups is 1. The minimum Gasteiger partial charge on any atom is -0.322 e. The van der Waals surface area contributed by atoms with Gasteiger partial charge in [-0.3, -0.25) is 10.00 Å². The van der Waals surface area contributed by atoms with Gasteiger partial charge in [0.2, 0.25) is 0 Å². The fraction of sp³-hybridized carbons (Fsp3) is 0.286. The van der Waals surface area contributed by atoms with E-state index in [0.29, 0.717) is 24.0 Å². The Morgan fingerprint density at radius 1 is 1.17 bits per heavy atom. The molecule has 1 saturated heterocycles. The summed E-state index contributed by atoms with van der Waals surface area (Å²) in [4.78, 5) is 14.4. The van der Waals surface area contributed by atoms with Crippen LogP contribution >= 0.6 is 0 Å². The molecule has 0 saturated carbocycles. The summed E-state index contributed by atoms with van der Waals surface area (Å²) in [5, 5.41) is 17.0. The van der Waals surface area contributed by atoms with Gasteiger partial charge in [0.1, 0.15) is 6.54 Å². The Balaban J connectivity index is 1.55. The van der Waals surface area contributed by atoms with Crippen molar-refractivity contribution < 1.29 is 13.6 Å². The second kappa shape index (κ2) is 7.87. The number of hydrogen-bond acceptors (Lipinski definition) is 3. The van der Waals surface area contributed by atoms with Gasteiger partial charge in [0.25, 0.3) is 6.43 Å². The van der Waals surface area contributed by atoms with Crippen LogP contribution in [0.4, 0.5) is 19.4 Å². The standard InChI is InChI=1S/C21H19F2N5O/c22-19(23)13-28-18-9-5-4-8-16(18)20(26-28)25-21(29)27-11-15(10-24)17(12-27)14-6-2-1-3-7-14/h1-9,15,17,19H,11-13H2,(H,25,26,29)/t15-,17+/m1/s1. The molecule has 1 aliphatic rings. The van der Waals surface area contributed by atoms with E-state index in [4.69, 9.17) is 0 Å². The molecule has 29 heavy (non-hydrogen) atoms. The lowest BCUT2D eigenvalue weighted by atomic mass is 9.90. The minimum atomic E-state index is -2.55. The van der Waals surface area contributed by atoms with Gasteiger partial charge in [0.05, 0.1) is 17.5 Å². The first kappa shape index (κ1) is 18.9. The minimum absolute atomic E-state index is 0.0694. The van der Waals surface area contributed by atoms with Crippen LogP contribution in [0.25, 0.3) is 10.9 Å². The molecule has 2 heterocycles. The van der Waals surface area contributed by atoms with Crippen LogP contribution in [-0.2, 0) is 6.54 Å². The maximum absolute atomic E-state index is 12.9. The van der Waals surface area contributed by atoms with Crippen molar-refractivity contribution in [3.05, 3.63) is 60.2 Å². The second-order valence-corrected chi connectivity index (χ2v) is 7.03. The monoisotopic (exact) mass is 395 g/mol. The number of amides is 2. The third-order valence-electron chi connectivity index (χ3n) is 5.19. The largest absolute Gasteiger partial charge is 0.323 e. The number of likely N-dealkylation sites (tertiary alicyclic amines) is 1. The highest BCUT2D eigenvalue weighted by atomic mass is 19.3. The van der Waals surface area contributed by atoms with Crippen molar-refractivity contribution in [1.82, 2.24) is 14.7 Å². The molecule has 1 N–H and O–H groups in total. The van der Waals surface area contributed by atoms with E-state index < -0.39 is 19.0 Å². The van der Waals surface area contributed by atoms with Crippen molar-refractivity contribution in [2.45, 2.75) is 18.9 Å². The molecule has 2 aromatic carbocycles. The van der Waals surface area contributed by atoms with Gasteiger partial charge < -0.3 is 4.90 Å². The zero-order valence-corrected chi connectivity index (χ0v) is 15.5. The van der Waals surface area contributed by atoms with E-state index in [1.807, 2.05) is 30.3 Å². The Hall–Kier alpha value is -3.47. The van der Waals surface area contributed by atoms with E-state index in [0.717, 1.165) is 5.56 Å². The number of carbonyl (C=O) groups excluding carboxylic acids is 1. The highest BCUT2D eigenvalue weighted by Crippen LogP contribution is 2.33. The van der Waals surface area contributed by atoms with Gasteiger partial charge in [-0.05, 0) is 17.7 Å². The Labute approximate surface area is 166 Å². The normalized spacial score (nSPS) is 18.9. The highest BCUT2D eigenvalue weighted by Gasteiger charge is 2.36. The summed E-state index contributed by atoms with van der Waals surface area (Å²) in [5.41, 5.74) is 1.54. The SMILES string of the molecule is N#C[C@@H]1CN(C(=O)Nc2nn(CC(F)F)c3ccccc23)C[C@H]1c1ccccc1. The maximum atomic E-state index is 12.9. The van der Waals surface area contributed by atoms with Crippen LogP contribution in [0.5, 0.6) is 0 Å². The Kier molecular flexibility index (Phi) is 5.12. The van der Waals surface area contributed by atoms with Crippen LogP contribution in [-0.4, -0.2) is 40.2 Å². The molecule has 0 bridgehead atoms. The van der Waals surface area contributed by atoms with Crippen LogP contribution in [0.15, 0.2) is 54.6 Å². The van der Waals surface area contributed by atoms with E-state index in [2.05, 4.69) is 16.5 Å². The third kappa shape index (κ3) is 3.76. The summed E-state index contributed by atoms with van der Waals surface area (Å²) >= 11 is 0. The number of nitriles is 1. The molecule has 0 unspecified atom stereocenters. The average molecular weight is 395 g/mol. The number of fused-ring (bicyclic) bond motifs is 1. The fourth-order valence-corrected chi connectivity index (χ4v) is 3.81. The van der Waals surface area contributed by atoms with Crippen molar-refractivity contribution in [2.24, 2.45) is 5.92 Å². The van der Waals surface area contributed by atoms with E-state index in [-0.39, 0.29) is 17.7 Å². The summed E-state index contributed by atoms with van der Waals surface area (Å²) in [6.07, 6.45) is -2.55. The van der Waals surface area contributed by atoms with Gasteiger partial charge in [-0.2, -0.15) is 10.4 Å². The summed E-state index contributed by atoms with van der Waals surface area (Å²) in [7, 11) is 0. The lowest BCUT2D eigenvalue weighted by molar-refractivity contribution is 0.123. The average Bonchev–Trinajstić information content (AvgIpc) is 3.31. The van der Waals surface area contributed by atoms with Gasteiger partial charge in [-0.1, -0.05) is 42.5 Å². The van der Waals surface area contributed by atoms with Crippen molar-refractivity contribution in [3.8, 4) is 6.07 Å². The number of benzene rings is 2. The van der Waals surface area contributed by atoms with Gasteiger partial charge in [-0.25, -0.2) is 13.6 Å². The predicted molar refractivity (Wildman–Crippen MR) is 105 cm³/mol. The maximum Gasteiger partial charge on any atom is 0.323 e. The molecule has 0 aliphatic carbocycles. The van der Waals surface area contributed by atoms with Gasteiger partial charge >= 0.3 is 6.03 Å². The number of hydrogen-bond donors (Lipinski definition) is 1. The molecule has 2 atom stereocenters. The molecule has 1 aliphatic heterocycles. The van der Waals surface area contributed by atoms with Crippen LogP contribution in [0, 0.1) is 17.2 Å². The van der Waals surface area contributed by atoms with Gasteiger partial charge in [-0.15, -0.1) is 0 Å². The predicted octanol–water partition coefficient (Wildman–Crippen LogP) is 4.07. The smallest absolute Gasteiger partial charge is 0.322 e. The molecule has 0 spiro atoms. The molecule has 3 aromatic rings. The number of para-hydroxylation sites is 1. The first-order valence-corrected chi connectivity index (χ1v) is 9.31. The van der Waals surface area contributed by atoms with Crippen LogP contribution in [0.2, 0.25) is 0 Å². The lowest BCUT2D eigenvalue weighted by Crippen LogP contribution is -2.33.